The zero-order valence-corrected chi connectivity index (χ0v) is 17.5. The van der Waals surface area contributed by atoms with Gasteiger partial charge in [0.15, 0.2) is 0 Å². The van der Waals surface area contributed by atoms with Gasteiger partial charge in [-0.2, -0.15) is 0 Å². The lowest BCUT2D eigenvalue weighted by atomic mass is 9.96. The van der Waals surface area contributed by atoms with Gasteiger partial charge in [0.2, 0.25) is 0 Å². The Morgan fingerprint density at radius 3 is 2.66 bits per heavy atom. The number of nitrogens with one attached hydrogen (secondary N) is 1. The number of hydrogen-bond donors (Lipinski definition) is 1. The highest BCUT2D eigenvalue weighted by molar-refractivity contribution is 7.80. The summed E-state index contributed by atoms with van der Waals surface area (Å²) >= 11 is 5.59. The maximum atomic E-state index is 6.24. The van der Waals surface area contributed by atoms with Gasteiger partial charge >= 0.3 is 0 Å². The average molecular weight is 405 g/mol. The van der Waals surface area contributed by atoms with Crippen LogP contribution < -0.4 is 5.32 Å². The molecule has 2 aromatic carbocycles. The van der Waals surface area contributed by atoms with Gasteiger partial charge < -0.3 is 10.1 Å². The van der Waals surface area contributed by atoms with Crippen molar-refractivity contribution >= 4 is 33.8 Å². The first-order chi connectivity index (χ1) is 14.3. The predicted molar refractivity (Wildman–Crippen MR) is 124 cm³/mol. The van der Waals surface area contributed by atoms with Gasteiger partial charge in [0, 0.05) is 17.5 Å². The van der Waals surface area contributed by atoms with Crippen molar-refractivity contribution in [3.63, 3.8) is 0 Å². The molecule has 1 saturated carbocycles. The highest BCUT2D eigenvalue weighted by Gasteiger charge is 2.20. The molecule has 1 N–H and O–H groups in total. The van der Waals surface area contributed by atoms with E-state index in [2.05, 4.69) is 41.7 Å². The molecule has 1 fully saturated rings. The number of thiocarbonyl (C=S) groups is 1. The normalized spacial score (nSPS) is 19.6. The third-order valence-electron chi connectivity index (χ3n) is 5.69. The summed E-state index contributed by atoms with van der Waals surface area (Å²) < 4.78 is 6.24. The minimum Gasteiger partial charge on any atom is -0.372 e. The van der Waals surface area contributed by atoms with Crippen molar-refractivity contribution < 1.29 is 4.74 Å². The van der Waals surface area contributed by atoms with E-state index in [0.717, 1.165) is 41.1 Å². The molecule has 1 aliphatic rings. The van der Waals surface area contributed by atoms with E-state index >= 15 is 0 Å². The van der Waals surface area contributed by atoms with E-state index in [1.807, 2.05) is 30.3 Å². The molecule has 1 aromatic heterocycles. The molecular formula is C25H28N2OS. The molecule has 150 valence electrons. The van der Waals surface area contributed by atoms with Gasteiger partial charge in [-0.15, -0.1) is 0 Å². The molecule has 3 nitrogen and oxygen atoms in total. The molecule has 0 bridgehead atoms. The number of nitrogens with zero attached hydrogens (tertiary/aromatic N) is 1. The van der Waals surface area contributed by atoms with E-state index < -0.39 is 0 Å². The largest absolute Gasteiger partial charge is 0.372 e. The van der Waals surface area contributed by atoms with Crippen molar-refractivity contribution in [1.29, 1.82) is 0 Å². The third kappa shape index (κ3) is 5.84. The molecule has 1 heterocycles. The second-order valence-corrected chi connectivity index (χ2v) is 8.41. The van der Waals surface area contributed by atoms with Crippen LogP contribution in [0, 0.1) is 5.92 Å². The predicted octanol–water partition coefficient (Wildman–Crippen LogP) is 6.53. The average Bonchev–Trinajstić information content (AvgIpc) is 2.98. The number of anilines is 1. The van der Waals surface area contributed by atoms with Crippen molar-refractivity contribution in [3.05, 3.63) is 72.4 Å². The number of rotatable bonds is 6. The Morgan fingerprint density at radius 1 is 0.931 bits per heavy atom. The Bertz CT molecular complexity index is 944. The molecule has 3 aromatic rings. The Balaban J connectivity index is 1.24. The Kier molecular flexibility index (Phi) is 6.86. The second kappa shape index (κ2) is 9.95. The summed E-state index contributed by atoms with van der Waals surface area (Å²) in [5.41, 5.74) is 3.13. The molecule has 0 radical (unpaired) electrons. The highest BCUT2D eigenvalue weighted by Crippen LogP contribution is 2.28. The van der Waals surface area contributed by atoms with Crippen LogP contribution in [-0.2, 0) is 11.3 Å². The quantitative estimate of drug-likeness (QED) is 0.374. The summed E-state index contributed by atoms with van der Waals surface area (Å²) in [6.07, 6.45) is 7.12. The van der Waals surface area contributed by atoms with Gasteiger partial charge in [0.1, 0.15) is 0 Å². The Morgan fingerprint density at radius 2 is 1.76 bits per heavy atom. The Hall–Kier alpha value is -2.30. The molecule has 0 spiro atoms. The van der Waals surface area contributed by atoms with E-state index in [1.165, 1.54) is 24.6 Å². The number of benzene rings is 2. The number of hydrogen-bond acceptors (Lipinski definition) is 3. The van der Waals surface area contributed by atoms with Crippen LogP contribution in [0.3, 0.4) is 0 Å². The molecule has 2 unspecified atom stereocenters. The molecule has 0 aliphatic heterocycles. The van der Waals surface area contributed by atoms with Crippen LogP contribution in [0.2, 0.25) is 0 Å². The summed E-state index contributed by atoms with van der Waals surface area (Å²) in [6.45, 7) is 0.591. The zero-order valence-electron chi connectivity index (χ0n) is 16.7. The monoisotopic (exact) mass is 404 g/mol. The van der Waals surface area contributed by atoms with Crippen LogP contribution in [0.15, 0.2) is 66.7 Å². The first-order valence-corrected chi connectivity index (χ1v) is 11.0. The minimum atomic E-state index is 0.323. The van der Waals surface area contributed by atoms with Crippen LogP contribution in [0.25, 0.3) is 10.9 Å². The summed E-state index contributed by atoms with van der Waals surface area (Å²) in [6, 6.07) is 22.6. The van der Waals surface area contributed by atoms with Crippen LogP contribution in [0.4, 0.5) is 5.69 Å². The van der Waals surface area contributed by atoms with Crippen molar-refractivity contribution in [2.45, 2.75) is 51.2 Å². The Labute approximate surface area is 178 Å². The lowest BCUT2D eigenvalue weighted by molar-refractivity contribution is 0.0287. The molecule has 1 aliphatic carbocycles. The van der Waals surface area contributed by atoms with Crippen LogP contribution in [0.1, 0.15) is 44.2 Å². The highest BCUT2D eigenvalue weighted by atomic mass is 32.1. The maximum Gasteiger partial charge on any atom is 0.0891 e. The molecule has 4 heteroatoms. The van der Waals surface area contributed by atoms with E-state index in [0.29, 0.717) is 18.6 Å². The molecule has 0 amide bonds. The summed E-state index contributed by atoms with van der Waals surface area (Å²) in [5, 5.41) is 4.55. The molecule has 0 saturated heterocycles. The van der Waals surface area contributed by atoms with Gasteiger partial charge in [0.05, 0.1) is 28.9 Å². The third-order valence-corrected chi connectivity index (χ3v) is 5.96. The number of pyridine rings is 1. The molecular weight excluding hydrogens is 376 g/mol. The summed E-state index contributed by atoms with van der Waals surface area (Å²) in [7, 11) is 0. The molecule has 29 heavy (non-hydrogen) atoms. The van der Waals surface area contributed by atoms with Crippen molar-refractivity contribution in [1.82, 2.24) is 4.98 Å². The van der Waals surface area contributed by atoms with Crippen molar-refractivity contribution in [2.24, 2.45) is 5.92 Å². The van der Waals surface area contributed by atoms with Gasteiger partial charge in [-0.1, -0.05) is 61.1 Å². The lowest BCUT2D eigenvalue weighted by Crippen LogP contribution is -2.15. The van der Waals surface area contributed by atoms with Gasteiger partial charge in [-0.25, -0.2) is 0 Å². The van der Waals surface area contributed by atoms with E-state index in [9.17, 15) is 0 Å². The van der Waals surface area contributed by atoms with E-state index in [-0.39, 0.29) is 0 Å². The lowest BCUT2D eigenvalue weighted by Gasteiger charge is -2.17. The first-order valence-electron chi connectivity index (χ1n) is 10.6. The van der Waals surface area contributed by atoms with Crippen molar-refractivity contribution in [2.75, 3.05) is 5.32 Å². The molecule has 2 atom stereocenters. The van der Waals surface area contributed by atoms with Gasteiger partial charge in [-0.05, 0) is 55.9 Å². The first kappa shape index (κ1) is 20.0. The van der Waals surface area contributed by atoms with Gasteiger partial charge in [0.25, 0.3) is 0 Å². The fourth-order valence-corrected chi connectivity index (χ4v) is 4.46. The number of ether oxygens (including phenoxy) is 1. The van der Waals surface area contributed by atoms with Crippen LogP contribution >= 0.6 is 12.2 Å². The fourth-order valence-electron chi connectivity index (χ4n) is 4.10. The SMILES string of the molecule is S=C(CC1CCCC(OCc2ccc3ccccc3n2)CC1)Nc1ccccc1. The smallest absolute Gasteiger partial charge is 0.0891 e. The zero-order chi connectivity index (χ0) is 19.9. The maximum absolute atomic E-state index is 6.24. The molecule has 4 rings (SSSR count). The van der Waals surface area contributed by atoms with Gasteiger partial charge in [-0.3, -0.25) is 4.98 Å². The second-order valence-electron chi connectivity index (χ2n) is 7.92. The van der Waals surface area contributed by atoms with E-state index in [4.69, 9.17) is 21.9 Å². The number of aromatic nitrogens is 1. The van der Waals surface area contributed by atoms with Crippen molar-refractivity contribution in [3.8, 4) is 0 Å². The standard InChI is InChI=1S/C25H28N2OS/c29-25(27-21-9-2-1-3-10-21)17-19-7-6-11-23(16-13-19)28-18-22-15-14-20-8-4-5-12-24(20)26-22/h1-5,8-10,12,14-15,19,23H,6-7,11,13,16-18H2,(H,27,29). The van der Waals surface area contributed by atoms with E-state index in [1.54, 1.807) is 0 Å². The topological polar surface area (TPSA) is 34.1 Å². The summed E-state index contributed by atoms with van der Waals surface area (Å²) in [5.74, 6) is 0.645. The summed E-state index contributed by atoms with van der Waals surface area (Å²) in [4.78, 5) is 5.67. The van der Waals surface area contributed by atoms with Crippen LogP contribution in [-0.4, -0.2) is 16.1 Å². The minimum absolute atomic E-state index is 0.323. The number of fused-ring (bicyclic) bond motifs is 1. The fraction of sp³-hybridized carbons (Fsp3) is 0.360. The number of para-hydroxylation sites is 2. The van der Waals surface area contributed by atoms with Crippen LogP contribution in [0.5, 0.6) is 0 Å².